The smallest absolute Gasteiger partial charge is 0.256 e. The Kier molecular flexibility index (Phi) is 4.32. The summed E-state index contributed by atoms with van der Waals surface area (Å²) in [6.07, 6.45) is 3.18. The van der Waals surface area contributed by atoms with Crippen LogP contribution in [0.3, 0.4) is 0 Å². The molecule has 1 aliphatic carbocycles. The third kappa shape index (κ3) is 3.01. The van der Waals surface area contributed by atoms with Crippen LogP contribution in [0.5, 0.6) is 0 Å². The van der Waals surface area contributed by atoms with Crippen LogP contribution in [-0.4, -0.2) is 35.1 Å². The number of carbonyl (C=O) groups excluding carboxylic acids is 1. The monoisotopic (exact) mass is 282 g/mol. The number of nitrogens with two attached hydrogens (primary N) is 1. The minimum atomic E-state index is -0.448. The highest BCUT2D eigenvalue weighted by molar-refractivity contribution is 6.31. The first kappa shape index (κ1) is 14.2. The van der Waals surface area contributed by atoms with Gasteiger partial charge in [0, 0.05) is 17.8 Å². The Balaban J connectivity index is 2.18. The Morgan fingerprint density at radius 2 is 2.11 bits per heavy atom. The molecule has 1 saturated carbocycles. The zero-order chi connectivity index (χ0) is 14.0. The molecule has 2 rings (SSSR count). The third-order valence-electron chi connectivity index (χ3n) is 3.76. The standard InChI is InChI=1S/C14H19ClN2O2/c1-17(12-4-2-3-5-13(12)18)14(19)10-7-6-9(15)8-11(10)16/h6-8,12-13,18H,2-5,16H2,1H3. The van der Waals surface area contributed by atoms with Crippen molar-refractivity contribution in [1.29, 1.82) is 0 Å². The molecule has 0 bridgehead atoms. The van der Waals surface area contributed by atoms with Crippen LogP contribution in [0.1, 0.15) is 36.0 Å². The summed E-state index contributed by atoms with van der Waals surface area (Å²) in [6, 6.07) is 4.72. The molecule has 4 nitrogen and oxygen atoms in total. The van der Waals surface area contributed by atoms with E-state index in [9.17, 15) is 9.90 Å². The van der Waals surface area contributed by atoms with Crippen molar-refractivity contribution >= 4 is 23.2 Å². The van der Waals surface area contributed by atoms with Crippen molar-refractivity contribution < 1.29 is 9.90 Å². The number of benzene rings is 1. The molecule has 1 aliphatic rings. The molecule has 2 unspecified atom stereocenters. The van der Waals surface area contributed by atoms with Crippen molar-refractivity contribution in [2.45, 2.75) is 37.8 Å². The van der Waals surface area contributed by atoms with Gasteiger partial charge in [-0.15, -0.1) is 0 Å². The number of aliphatic hydroxyl groups is 1. The number of hydrogen-bond acceptors (Lipinski definition) is 3. The van der Waals surface area contributed by atoms with Crippen LogP contribution in [0.25, 0.3) is 0 Å². The van der Waals surface area contributed by atoms with Crippen LogP contribution in [-0.2, 0) is 0 Å². The zero-order valence-corrected chi connectivity index (χ0v) is 11.7. The van der Waals surface area contributed by atoms with E-state index in [2.05, 4.69) is 0 Å². The van der Waals surface area contributed by atoms with Gasteiger partial charge in [-0.25, -0.2) is 0 Å². The maximum Gasteiger partial charge on any atom is 0.256 e. The number of anilines is 1. The molecule has 0 spiro atoms. The molecule has 0 aromatic heterocycles. The fraction of sp³-hybridized carbons (Fsp3) is 0.500. The second kappa shape index (κ2) is 5.80. The summed E-state index contributed by atoms with van der Waals surface area (Å²) in [6.45, 7) is 0. The lowest BCUT2D eigenvalue weighted by molar-refractivity contribution is 0.0268. The molecule has 0 heterocycles. The molecule has 3 N–H and O–H groups in total. The second-order valence-electron chi connectivity index (χ2n) is 5.07. The van der Waals surface area contributed by atoms with Gasteiger partial charge in [-0.2, -0.15) is 0 Å². The van der Waals surface area contributed by atoms with Gasteiger partial charge in [0.15, 0.2) is 0 Å². The lowest BCUT2D eigenvalue weighted by atomic mass is 9.91. The molecule has 1 amide bonds. The second-order valence-corrected chi connectivity index (χ2v) is 5.50. The van der Waals surface area contributed by atoms with E-state index in [1.807, 2.05) is 0 Å². The van der Waals surface area contributed by atoms with E-state index >= 15 is 0 Å². The Morgan fingerprint density at radius 3 is 2.74 bits per heavy atom. The van der Waals surface area contributed by atoms with Crippen LogP contribution in [0.15, 0.2) is 18.2 Å². The Labute approximate surface area is 118 Å². The highest BCUT2D eigenvalue weighted by Gasteiger charge is 2.30. The van der Waals surface area contributed by atoms with Crippen molar-refractivity contribution in [3.63, 3.8) is 0 Å². The molecule has 1 aromatic rings. The van der Waals surface area contributed by atoms with Gasteiger partial charge in [0.05, 0.1) is 17.7 Å². The predicted octanol–water partition coefficient (Wildman–Crippen LogP) is 2.30. The zero-order valence-electron chi connectivity index (χ0n) is 11.0. The number of rotatable bonds is 2. The number of likely N-dealkylation sites (N-methyl/N-ethyl adjacent to an activating group) is 1. The number of amides is 1. The molecular weight excluding hydrogens is 264 g/mol. The van der Waals surface area contributed by atoms with E-state index in [0.717, 1.165) is 25.7 Å². The van der Waals surface area contributed by atoms with E-state index < -0.39 is 6.10 Å². The van der Waals surface area contributed by atoms with Gasteiger partial charge in [-0.05, 0) is 31.0 Å². The first-order chi connectivity index (χ1) is 9.00. The van der Waals surface area contributed by atoms with Crippen LogP contribution in [0.2, 0.25) is 5.02 Å². The number of halogens is 1. The molecule has 0 radical (unpaired) electrons. The fourth-order valence-electron chi connectivity index (χ4n) is 2.61. The number of hydrogen-bond donors (Lipinski definition) is 2. The largest absolute Gasteiger partial charge is 0.398 e. The molecule has 0 aliphatic heterocycles. The molecule has 0 saturated heterocycles. The maximum atomic E-state index is 12.4. The van der Waals surface area contributed by atoms with E-state index in [-0.39, 0.29) is 11.9 Å². The Hall–Kier alpha value is -1.26. The van der Waals surface area contributed by atoms with Gasteiger partial charge in [-0.3, -0.25) is 4.79 Å². The average Bonchev–Trinajstić information content (AvgIpc) is 2.38. The fourth-order valence-corrected chi connectivity index (χ4v) is 2.79. The van der Waals surface area contributed by atoms with Gasteiger partial charge in [-0.1, -0.05) is 24.4 Å². The Morgan fingerprint density at radius 1 is 1.42 bits per heavy atom. The van der Waals surface area contributed by atoms with Gasteiger partial charge in [0.1, 0.15) is 0 Å². The normalized spacial score (nSPS) is 23.1. The number of nitrogen functional groups attached to an aromatic ring is 1. The van der Waals surface area contributed by atoms with Crippen molar-refractivity contribution in [3.05, 3.63) is 28.8 Å². The number of nitrogens with zero attached hydrogens (tertiary/aromatic N) is 1. The minimum Gasteiger partial charge on any atom is -0.398 e. The molecule has 2 atom stereocenters. The molecule has 5 heteroatoms. The van der Waals surface area contributed by atoms with Gasteiger partial charge >= 0.3 is 0 Å². The lowest BCUT2D eigenvalue weighted by Crippen LogP contribution is -2.46. The average molecular weight is 283 g/mol. The summed E-state index contributed by atoms with van der Waals surface area (Å²) < 4.78 is 0. The molecular formula is C14H19ClN2O2. The predicted molar refractivity (Wildman–Crippen MR) is 76.2 cm³/mol. The van der Waals surface area contributed by atoms with Crippen LogP contribution in [0.4, 0.5) is 5.69 Å². The summed E-state index contributed by atoms with van der Waals surface area (Å²) in [4.78, 5) is 14.0. The first-order valence-corrected chi connectivity index (χ1v) is 6.88. The molecule has 1 aromatic carbocycles. The van der Waals surface area contributed by atoms with E-state index in [0.29, 0.717) is 16.3 Å². The first-order valence-electron chi connectivity index (χ1n) is 6.51. The summed E-state index contributed by atoms with van der Waals surface area (Å²) >= 11 is 5.83. The van der Waals surface area contributed by atoms with Gasteiger partial charge in [0.25, 0.3) is 5.91 Å². The maximum absolute atomic E-state index is 12.4. The topological polar surface area (TPSA) is 66.6 Å². The highest BCUT2D eigenvalue weighted by atomic mass is 35.5. The number of aliphatic hydroxyl groups excluding tert-OH is 1. The molecule has 104 valence electrons. The van der Waals surface area contributed by atoms with Crippen molar-refractivity contribution in [1.82, 2.24) is 4.90 Å². The van der Waals surface area contributed by atoms with Crippen LogP contribution in [0, 0.1) is 0 Å². The molecule has 19 heavy (non-hydrogen) atoms. The third-order valence-corrected chi connectivity index (χ3v) is 3.99. The van der Waals surface area contributed by atoms with Crippen molar-refractivity contribution in [2.75, 3.05) is 12.8 Å². The minimum absolute atomic E-state index is 0.128. The lowest BCUT2D eigenvalue weighted by Gasteiger charge is -2.35. The summed E-state index contributed by atoms with van der Waals surface area (Å²) in [5.74, 6) is -0.167. The quantitative estimate of drug-likeness (QED) is 0.818. The van der Waals surface area contributed by atoms with Gasteiger partial charge < -0.3 is 15.7 Å². The summed E-state index contributed by atoms with van der Waals surface area (Å²) in [5, 5.41) is 10.5. The van der Waals surface area contributed by atoms with Crippen LogP contribution < -0.4 is 5.73 Å². The number of carbonyl (C=O) groups is 1. The van der Waals surface area contributed by atoms with Crippen molar-refractivity contribution in [2.24, 2.45) is 0 Å². The van der Waals surface area contributed by atoms with Crippen molar-refractivity contribution in [3.8, 4) is 0 Å². The SMILES string of the molecule is CN(C(=O)c1ccc(Cl)cc1N)C1CCCCC1O. The highest BCUT2D eigenvalue weighted by Crippen LogP contribution is 2.25. The van der Waals surface area contributed by atoms with E-state index in [1.165, 1.54) is 0 Å². The van der Waals surface area contributed by atoms with Crippen LogP contribution >= 0.6 is 11.6 Å². The summed E-state index contributed by atoms with van der Waals surface area (Å²) in [7, 11) is 1.72. The van der Waals surface area contributed by atoms with E-state index in [4.69, 9.17) is 17.3 Å². The van der Waals surface area contributed by atoms with Gasteiger partial charge in [0.2, 0.25) is 0 Å². The summed E-state index contributed by atoms with van der Waals surface area (Å²) in [5.41, 5.74) is 6.63. The Bertz CT molecular complexity index is 479. The molecule has 1 fully saturated rings. The van der Waals surface area contributed by atoms with E-state index in [1.54, 1.807) is 30.1 Å².